The van der Waals surface area contributed by atoms with Crippen molar-refractivity contribution in [3.8, 4) is 0 Å². The summed E-state index contributed by atoms with van der Waals surface area (Å²) < 4.78 is 34.0. The van der Waals surface area contributed by atoms with Crippen LogP contribution in [0.3, 0.4) is 0 Å². The van der Waals surface area contributed by atoms with Gasteiger partial charge >= 0.3 is 0 Å². The smallest absolute Gasteiger partial charge is 0.243 e. The summed E-state index contributed by atoms with van der Waals surface area (Å²) in [6.45, 7) is 6.24. The minimum atomic E-state index is -3.46. The average Bonchev–Trinajstić information content (AvgIpc) is 2.96. The molecule has 21 heavy (non-hydrogen) atoms. The molecule has 0 aromatic carbocycles. The summed E-state index contributed by atoms with van der Waals surface area (Å²) in [6, 6.07) is 0. The Morgan fingerprint density at radius 3 is 2.90 bits per heavy atom. The van der Waals surface area contributed by atoms with Gasteiger partial charge in [0.15, 0.2) is 0 Å². The maximum absolute atomic E-state index is 12.2. The van der Waals surface area contributed by atoms with Gasteiger partial charge in [0, 0.05) is 32.5 Å². The van der Waals surface area contributed by atoms with Gasteiger partial charge in [-0.15, -0.1) is 0 Å². The number of rotatable bonds is 8. The maximum Gasteiger partial charge on any atom is 0.243 e. The van der Waals surface area contributed by atoms with E-state index < -0.39 is 10.0 Å². The molecule has 2 rings (SSSR count). The topological polar surface area (TPSA) is 85.2 Å². The molecule has 0 amide bonds. The minimum Gasteiger partial charge on any atom is -0.381 e. The van der Waals surface area contributed by atoms with E-state index in [1.165, 1.54) is 6.20 Å². The highest BCUT2D eigenvalue weighted by molar-refractivity contribution is 7.89. The fraction of sp³-hybridized carbons (Fsp3) is 0.769. The summed E-state index contributed by atoms with van der Waals surface area (Å²) in [7, 11) is -3.46. The van der Waals surface area contributed by atoms with Crippen LogP contribution in [0, 0.1) is 5.92 Å². The van der Waals surface area contributed by atoms with E-state index in [2.05, 4.69) is 15.1 Å². The third-order valence-electron chi connectivity index (χ3n) is 3.59. The molecule has 1 saturated heterocycles. The molecule has 0 radical (unpaired) electrons. The lowest BCUT2D eigenvalue weighted by molar-refractivity contribution is 0.0678. The molecule has 8 heteroatoms. The second-order valence-corrected chi connectivity index (χ2v) is 6.97. The lowest BCUT2D eigenvalue weighted by atomic mass is 10.0. The SMILES string of the molecule is CCNCCn1cc(S(=O)(=O)NCC2CCOCC2)cn1. The number of ether oxygens (including phenoxy) is 1. The fourth-order valence-electron chi connectivity index (χ4n) is 2.24. The highest BCUT2D eigenvalue weighted by Gasteiger charge is 2.20. The number of likely N-dealkylation sites (N-methyl/N-ethyl adjacent to an activating group) is 1. The Kier molecular flexibility index (Phi) is 6.16. The van der Waals surface area contributed by atoms with Crippen LogP contribution in [0.4, 0.5) is 0 Å². The average molecular weight is 316 g/mol. The maximum atomic E-state index is 12.2. The van der Waals surface area contributed by atoms with E-state index in [-0.39, 0.29) is 4.90 Å². The first kappa shape index (κ1) is 16.4. The van der Waals surface area contributed by atoms with E-state index >= 15 is 0 Å². The molecule has 1 aliphatic rings. The van der Waals surface area contributed by atoms with Gasteiger partial charge in [-0.25, -0.2) is 13.1 Å². The zero-order chi connectivity index (χ0) is 15.1. The Hall–Kier alpha value is -0.960. The predicted molar refractivity (Wildman–Crippen MR) is 79.5 cm³/mol. The van der Waals surface area contributed by atoms with Gasteiger partial charge in [0.05, 0.1) is 12.7 Å². The van der Waals surface area contributed by atoms with Gasteiger partial charge in [-0.3, -0.25) is 4.68 Å². The van der Waals surface area contributed by atoms with Crippen LogP contribution in [0.2, 0.25) is 0 Å². The largest absolute Gasteiger partial charge is 0.381 e. The number of sulfonamides is 1. The molecule has 1 aromatic rings. The number of hydrogen-bond donors (Lipinski definition) is 2. The summed E-state index contributed by atoms with van der Waals surface area (Å²) in [5.41, 5.74) is 0. The van der Waals surface area contributed by atoms with Crippen molar-refractivity contribution in [3.05, 3.63) is 12.4 Å². The van der Waals surface area contributed by atoms with Crippen LogP contribution in [-0.4, -0.2) is 51.0 Å². The summed E-state index contributed by atoms with van der Waals surface area (Å²) >= 11 is 0. The number of aromatic nitrogens is 2. The lowest BCUT2D eigenvalue weighted by Crippen LogP contribution is -2.32. The van der Waals surface area contributed by atoms with Gasteiger partial charge in [0.1, 0.15) is 4.90 Å². The first-order valence-electron chi connectivity index (χ1n) is 7.42. The predicted octanol–water partition coefficient (Wildman–Crippen LogP) is 0.198. The molecule has 2 heterocycles. The molecule has 0 saturated carbocycles. The third-order valence-corrected chi connectivity index (χ3v) is 4.97. The van der Waals surface area contributed by atoms with E-state index in [1.807, 2.05) is 6.92 Å². The Bertz CT molecular complexity index is 523. The Balaban J connectivity index is 1.86. The van der Waals surface area contributed by atoms with E-state index in [0.717, 1.165) is 39.1 Å². The second kappa shape index (κ2) is 7.88. The van der Waals surface area contributed by atoms with Crippen molar-refractivity contribution in [2.45, 2.75) is 31.2 Å². The van der Waals surface area contributed by atoms with Crippen LogP contribution in [-0.2, 0) is 21.3 Å². The highest BCUT2D eigenvalue weighted by atomic mass is 32.2. The van der Waals surface area contributed by atoms with Crippen LogP contribution in [0.5, 0.6) is 0 Å². The van der Waals surface area contributed by atoms with E-state index in [0.29, 0.717) is 19.0 Å². The monoisotopic (exact) mass is 316 g/mol. The molecule has 120 valence electrons. The van der Waals surface area contributed by atoms with Crippen molar-refractivity contribution in [2.24, 2.45) is 5.92 Å². The molecular weight excluding hydrogens is 292 g/mol. The highest BCUT2D eigenvalue weighted by Crippen LogP contribution is 2.15. The van der Waals surface area contributed by atoms with Gasteiger partial charge in [0.25, 0.3) is 0 Å². The quantitative estimate of drug-likeness (QED) is 0.669. The summed E-state index contributed by atoms with van der Waals surface area (Å²) in [4.78, 5) is 0.228. The van der Waals surface area contributed by atoms with Gasteiger partial charge in [-0.1, -0.05) is 6.92 Å². The number of nitrogens with one attached hydrogen (secondary N) is 2. The van der Waals surface area contributed by atoms with E-state index in [1.54, 1.807) is 10.9 Å². The lowest BCUT2D eigenvalue weighted by Gasteiger charge is -2.21. The van der Waals surface area contributed by atoms with E-state index in [9.17, 15) is 8.42 Å². The molecule has 1 aliphatic heterocycles. The summed E-state index contributed by atoms with van der Waals surface area (Å²) in [5.74, 6) is 0.359. The molecule has 1 fully saturated rings. The normalized spacial score (nSPS) is 17.2. The van der Waals surface area contributed by atoms with Crippen LogP contribution in [0.15, 0.2) is 17.3 Å². The Morgan fingerprint density at radius 1 is 1.43 bits per heavy atom. The van der Waals surface area contributed by atoms with Gasteiger partial charge in [-0.2, -0.15) is 5.10 Å². The number of nitrogens with zero attached hydrogens (tertiary/aromatic N) is 2. The standard InChI is InChI=1S/C13H24N4O3S/c1-2-14-5-6-17-11-13(10-15-17)21(18,19)16-9-12-3-7-20-8-4-12/h10-12,14,16H,2-9H2,1H3. The van der Waals surface area contributed by atoms with Gasteiger partial charge in [0.2, 0.25) is 10.0 Å². The first-order chi connectivity index (χ1) is 10.1. The summed E-state index contributed by atoms with van der Waals surface area (Å²) in [5, 5.41) is 7.26. The molecule has 2 N–H and O–H groups in total. The molecule has 0 atom stereocenters. The van der Waals surface area contributed by atoms with Gasteiger partial charge in [-0.05, 0) is 25.3 Å². The molecular formula is C13H24N4O3S. The minimum absolute atomic E-state index is 0.228. The fourth-order valence-corrected chi connectivity index (χ4v) is 3.31. The van der Waals surface area contributed by atoms with Crippen molar-refractivity contribution in [2.75, 3.05) is 32.8 Å². The van der Waals surface area contributed by atoms with Crippen LogP contribution >= 0.6 is 0 Å². The van der Waals surface area contributed by atoms with Gasteiger partial charge < -0.3 is 10.1 Å². The second-order valence-electron chi connectivity index (χ2n) is 5.20. The van der Waals surface area contributed by atoms with Crippen molar-refractivity contribution in [1.82, 2.24) is 19.8 Å². The summed E-state index contributed by atoms with van der Waals surface area (Å²) in [6.07, 6.45) is 4.79. The van der Waals surface area contributed by atoms with Crippen molar-refractivity contribution < 1.29 is 13.2 Å². The first-order valence-corrected chi connectivity index (χ1v) is 8.90. The molecule has 1 aromatic heterocycles. The molecule has 7 nitrogen and oxygen atoms in total. The van der Waals surface area contributed by atoms with Crippen LogP contribution in [0.25, 0.3) is 0 Å². The molecule has 0 aliphatic carbocycles. The molecule has 0 bridgehead atoms. The van der Waals surface area contributed by atoms with Crippen LogP contribution < -0.4 is 10.0 Å². The van der Waals surface area contributed by atoms with Crippen LogP contribution in [0.1, 0.15) is 19.8 Å². The molecule has 0 spiro atoms. The van der Waals surface area contributed by atoms with Crippen molar-refractivity contribution in [1.29, 1.82) is 0 Å². The van der Waals surface area contributed by atoms with Crippen molar-refractivity contribution in [3.63, 3.8) is 0 Å². The Morgan fingerprint density at radius 2 is 2.19 bits per heavy atom. The zero-order valence-electron chi connectivity index (χ0n) is 12.4. The third kappa shape index (κ3) is 5.06. The zero-order valence-corrected chi connectivity index (χ0v) is 13.2. The van der Waals surface area contributed by atoms with Crippen molar-refractivity contribution >= 4 is 10.0 Å². The van der Waals surface area contributed by atoms with E-state index in [4.69, 9.17) is 4.74 Å². The molecule has 0 unspecified atom stereocenters. The Labute approximate surface area is 126 Å². The number of hydrogen-bond acceptors (Lipinski definition) is 5.